The second kappa shape index (κ2) is 7.21. The maximum absolute atomic E-state index is 12.7. The van der Waals surface area contributed by atoms with Crippen molar-refractivity contribution in [1.29, 1.82) is 0 Å². The number of hydrogen-bond acceptors (Lipinski definition) is 4. The number of likely N-dealkylation sites (tertiary alicyclic amines) is 1. The van der Waals surface area contributed by atoms with Crippen LogP contribution in [0.4, 0.5) is 4.79 Å². The van der Waals surface area contributed by atoms with Crippen molar-refractivity contribution in [2.24, 2.45) is 7.05 Å². The molecule has 0 radical (unpaired) electrons. The monoisotopic (exact) mass is 335 g/mol. The number of carbonyl (C=O) groups excluding carboxylic acids is 2. The Morgan fingerprint density at radius 3 is 3.00 bits per heavy atom. The highest BCUT2D eigenvalue weighted by Crippen LogP contribution is 2.15. The van der Waals surface area contributed by atoms with E-state index in [2.05, 4.69) is 10.3 Å². The number of amides is 3. The highest BCUT2D eigenvalue weighted by Gasteiger charge is 2.33. The molecule has 2 saturated heterocycles. The first-order valence-electron chi connectivity index (χ1n) is 8.46. The minimum atomic E-state index is -0.457. The van der Waals surface area contributed by atoms with Crippen LogP contribution in [0.5, 0.6) is 0 Å². The lowest BCUT2D eigenvalue weighted by Crippen LogP contribution is -2.58. The molecule has 3 rings (SSSR count). The predicted molar refractivity (Wildman–Crippen MR) is 87.2 cm³/mol. The molecule has 3 amide bonds. The molecule has 2 aliphatic heterocycles. The van der Waals surface area contributed by atoms with Gasteiger partial charge in [-0.1, -0.05) is 0 Å². The molecule has 2 fully saturated rings. The van der Waals surface area contributed by atoms with Crippen molar-refractivity contribution >= 4 is 11.9 Å². The number of aryl methyl sites for hydroxylation is 1. The summed E-state index contributed by atoms with van der Waals surface area (Å²) < 4.78 is 7.26. The number of carbonyl (C=O) groups is 2. The highest BCUT2D eigenvalue weighted by molar-refractivity contribution is 5.87. The van der Waals surface area contributed by atoms with Gasteiger partial charge in [-0.15, -0.1) is 0 Å². The van der Waals surface area contributed by atoms with E-state index in [1.54, 1.807) is 16.0 Å². The van der Waals surface area contributed by atoms with Crippen LogP contribution in [-0.2, 0) is 23.1 Å². The quantitative estimate of drug-likeness (QED) is 0.864. The zero-order valence-electron chi connectivity index (χ0n) is 14.3. The van der Waals surface area contributed by atoms with E-state index in [-0.39, 0.29) is 18.0 Å². The third kappa shape index (κ3) is 3.53. The Morgan fingerprint density at radius 1 is 1.46 bits per heavy atom. The zero-order valence-corrected chi connectivity index (χ0v) is 14.3. The number of morpholine rings is 1. The summed E-state index contributed by atoms with van der Waals surface area (Å²) in [6.07, 6.45) is 5.14. The molecule has 0 aromatic carbocycles. The van der Waals surface area contributed by atoms with Crippen molar-refractivity contribution in [2.75, 3.05) is 26.3 Å². The van der Waals surface area contributed by atoms with Crippen LogP contribution in [0, 0.1) is 0 Å². The van der Waals surface area contributed by atoms with E-state index in [1.807, 2.05) is 24.7 Å². The van der Waals surface area contributed by atoms with Gasteiger partial charge >= 0.3 is 6.03 Å². The van der Waals surface area contributed by atoms with E-state index in [1.165, 1.54) is 0 Å². The molecule has 1 aromatic rings. The molecule has 0 aliphatic carbocycles. The summed E-state index contributed by atoms with van der Waals surface area (Å²) in [6.45, 7) is 4.77. The van der Waals surface area contributed by atoms with Crippen LogP contribution in [0.15, 0.2) is 12.4 Å². The number of aromatic nitrogens is 2. The van der Waals surface area contributed by atoms with Crippen molar-refractivity contribution in [3.05, 3.63) is 18.2 Å². The summed E-state index contributed by atoms with van der Waals surface area (Å²) in [5.74, 6) is 0.815. The van der Waals surface area contributed by atoms with Crippen LogP contribution in [0.3, 0.4) is 0 Å². The lowest BCUT2D eigenvalue weighted by atomic mass is 10.0. The molecule has 1 N–H and O–H groups in total. The number of nitrogens with zero attached hydrogens (tertiary/aromatic N) is 4. The predicted octanol–water partition coefficient (Wildman–Crippen LogP) is 0.341. The average molecular weight is 335 g/mol. The molecule has 1 unspecified atom stereocenters. The lowest BCUT2D eigenvalue weighted by Gasteiger charge is -2.37. The minimum Gasteiger partial charge on any atom is -0.377 e. The Morgan fingerprint density at radius 2 is 2.29 bits per heavy atom. The molecule has 1 aromatic heterocycles. The normalized spacial score (nSPS) is 25.0. The Kier molecular flexibility index (Phi) is 5.03. The highest BCUT2D eigenvalue weighted by atomic mass is 16.5. The van der Waals surface area contributed by atoms with Gasteiger partial charge in [0.1, 0.15) is 11.9 Å². The van der Waals surface area contributed by atoms with E-state index in [0.29, 0.717) is 39.3 Å². The molecule has 2 atom stereocenters. The van der Waals surface area contributed by atoms with Crippen molar-refractivity contribution in [2.45, 2.75) is 38.4 Å². The number of rotatable bonds is 3. The molecular formula is C16H25N5O3. The van der Waals surface area contributed by atoms with Crippen LogP contribution in [0.1, 0.15) is 25.6 Å². The summed E-state index contributed by atoms with van der Waals surface area (Å²) in [6, 6.07) is -0.606. The minimum absolute atomic E-state index is 0.0288. The van der Waals surface area contributed by atoms with Gasteiger partial charge < -0.3 is 24.4 Å². The summed E-state index contributed by atoms with van der Waals surface area (Å²) in [5.41, 5.74) is 0. The van der Waals surface area contributed by atoms with E-state index in [0.717, 1.165) is 12.2 Å². The van der Waals surface area contributed by atoms with Gasteiger partial charge in [0.2, 0.25) is 5.91 Å². The summed E-state index contributed by atoms with van der Waals surface area (Å²) >= 11 is 0. The first-order chi connectivity index (χ1) is 11.6. The molecular weight excluding hydrogens is 310 g/mol. The van der Waals surface area contributed by atoms with E-state index < -0.39 is 6.04 Å². The van der Waals surface area contributed by atoms with Crippen molar-refractivity contribution in [1.82, 2.24) is 24.7 Å². The number of nitrogens with one attached hydrogen (secondary N) is 1. The average Bonchev–Trinajstić information content (AvgIpc) is 2.96. The molecule has 132 valence electrons. The molecule has 0 bridgehead atoms. The fraction of sp³-hybridized carbons (Fsp3) is 0.688. The Labute approximate surface area is 141 Å². The second-order valence-corrected chi connectivity index (χ2v) is 6.48. The summed E-state index contributed by atoms with van der Waals surface area (Å²) in [7, 11) is 1.91. The van der Waals surface area contributed by atoms with Crippen molar-refractivity contribution in [3.8, 4) is 0 Å². The van der Waals surface area contributed by atoms with Gasteiger partial charge in [0, 0.05) is 32.5 Å². The van der Waals surface area contributed by atoms with Crippen LogP contribution in [0.2, 0.25) is 0 Å². The van der Waals surface area contributed by atoms with E-state index in [4.69, 9.17) is 4.74 Å². The van der Waals surface area contributed by atoms with Crippen LogP contribution in [-0.4, -0.2) is 69.7 Å². The molecule has 8 heteroatoms. The first kappa shape index (κ1) is 16.8. The largest absolute Gasteiger partial charge is 0.377 e. The fourth-order valence-corrected chi connectivity index (χ4v) is 3.21. The molecule has 24 heavy (non-hydrogen) atoms. The Balaban J connectivity index is 1.60. The third-order valence-electron chi connectivity index (χ3n) is 4.71. The smallest absolute Gasteiger partial charge is 0.318 e. The maximum atomic E-state index is 12.7. The van der Waals surface area contributed by atoms with E-state index >= 15 is 0 Å². The fourth-order valence-electron chi connectivity index (χ4n) is 3.21. The number of imidazole rings is 1. The van der Waals surface area contributed by atoms with E-state index in [9.17, 15) is 9.59 Å². The number of ether oxygens (including phenoxy) is 1. The molecule has 0 spiro atoms. The SMILES string of the molecule is C[C@@H]1COCCN1C(=O)NC1CCCN(Cc2nccn2C)C1=O. The Hall–Kier alpha value is -2.09. The van der Waals surface area contributed by atoms with Gasteiger partial charge in [0.25, 0.3) is 0 Å². The zero-order chi connectivity index (χ0) is 17.1. The van der Waals surface area contributed by atoms with Gasteiger partial charge in [0.05, 0.1) is 25.8 Å². The number of urea groups is 1. The summed E-state index contributed by atoms with van der Waals surface area (Å²) in [4.78, 5) is 33.0. The van der Waals surface area contributed by atoms with Crippen molar-refractivity contribution < 1.29 is 14.3 Å². The van der Waals surface area contributed by atoms with Gasteiger partial charge in [-0.25, -0.2) is 9.78 Å². The van der Waals surface area contributed by atoms with Gasteiger partial charge in [-0.2, -0.15) is 0 Å². The van der Waals surface area contributed by atoms with Crippen molar-refractivity contribution in [3.63, 3.8) is 0 Å². The van der Waals surface area contributed by atoms with Crippen LogP contribution >= 0.6 is 0 Å². The maximum Gasteiger partial charge on any atom is 0.318 e. The molecule has 0 saturated carbocycles. The van der Waals surface area contributed by atoms with Gasteiger partial charge in [-0.05, 0) is 19.8 Å². The molecule has 2 aliphatic rings. The van der Waals surface area contributed by atoms with Crippen LogP contribution < -0.4 is 5.32 Å². The van der Waals surface area contributed by atoms with Gasteiger partial charge in [-0.3, -0.25) is 4.79 Å². The lowest BCUT2D eigenvalue weighted by molar-refractivity contribution is -0.136. The standard InChI is InChI=1S/C16H25N5O3/c1-12-11-24-9-8-21(12)16(23)18-13-4-3-6-20(15(13)22)10-14-17-5-7-19(14)2/h5,7,12-13H,3-4,6,8-11H2,1-2H3,(H,18,23)/t12-,13?/m1/s1. The topological polar surface area (TPSA) is 79.7 Å². The van der Waals surface area contributed by atoms with Gasteiger partial charge in [0.15, 0.2) is 0 Å². The third-order valence-corrected chi connectivity index (χ3v) is 4.71. The molecule has 8 nitrogen and oxygen atoms in total. The second-order valence-electron chi connectivity index (χ2n) is 6.48. The first-order valence-corrected chi connectivity index (χ1v) is 8.46. The van der Waals surface area contributed by atoms with Crippen LogP contribution in [0.25, 0.3) is 0 Å². The molecule has 3 heterocycles. The number of piperidine rings is 1. The summed E-state index contributed by atoms with van der Waals surface area (Å²) in [5, 5.41) is 2.91. The Bertz CT molecular complexity index is 602. The number of hydrogen-bond donors (Lipinski definition) is 1.